The third-order valence-electron chi connectivity index (χ3n) is 5.15. The molecule has 0 radical (unpaired) electrons. The molecule has 0 saturated carbocycles. The number of urea groups is 1. The number of carbonyl (C=O) groups excluding carboxylic acids is 4. The molecule has 32 heavy (non-hydrogen) atoms. The summed E-state index contributed by atoms with van der Waals surface area (Å²) in [4.78, 5) is 51.1. The van der Waals surface area contributed by atoms with Crippen LogP contribution in [0, 0.1) is 5.92 Å². The molecule has 1 aliphatic heterocycles. The molecule has 1 fully saturated rings. The number of thioether (sulfide) groups is 1. The number of hydrogen-bond donors (Lipinski definition) is 4. The summed E-state index contributed by atoms with van der Waals surface area (Å²) in [7, 11) is 1.55. The number of amides is 5. The van der Waals surface area contributed by atoms with Gasteiger partial charge in [-0.05, 0) is 42.9 Å². The third kappa shape index (κ3) is 6.78. The number of nitrogens with two attached hydrogens (primary N) is 1. The summed E-state index contributed by atoms with van der Waals surface area (Å²) in [5.41, 5.74) is 5.98. The Morgan fingerprint density at radius 3 is 2.41 bits per heavy atom. The van der Waals surface area contributed by atoms with Crippen LogP contribution in [0.1, 0.15) is 20.3 Å². The lowest BCUT2D eigenvalue weighted by Crippen LogP contribution is -2.54. The fourth-order valence-electron chi connectivity index (χ4n) is 3.51. The zero-order valence-corrected chi connectivity index (χ0v) is 19.5. The van der Waals surface area contributed by atoms with E-state index in [0.717, 1.165) is 0 Å². The maximum atomic E-state index is 12.9. The molecule has 5 N–H and O–H groups in total. The largest absolute Gasteiger partial charge is 0.497 e. The fourth-order valence-corrected chi connectivity index (χ4v) is 3.93. The van der Waals surface area contributed by atoms with Crippen molar-refractivity contribution in [2.75, 3.05) is 31.0 Å². The number of nitrogens with one attached hydrogen (secondary N) is 3. The van der Waals surface area contributed by atoms with Gasteiger partial charge in [0.1, 0.15) is 17.8 Å². The van der Waals surface area contributed by atoms with Gasteiger partial charge in [0.15, 0.2) is 0 Å². The van der Waals surface area contributed by atoms with Crippen LogP contribution >= 0.6 is 11.8 Å². The molecule has 3 unspecified atom stereocenters. The summed E-state index contributed by atoms with van der Waals surface area (Å²) in [6.07, 6.45) is 2.02. The first-order valence-corrected chi connectivity index (χ1v) is 11.6. The molecule has 176 valence electrons. The van der Waals surface area contributed by atoms with Crippen molar-refractivity contribution in [3.05, 3.63) is 24.3 Å². The normalized spacial score (nSPS) is 18.7. The molecule has 3 atom stereocenters. The number of rotatable bonds is 9. The molecule has 5 amide bonds. The molecule has 0 aromatic heterocycles. The average Bonchev–Trinajstić information content (AvgIpc) is 3.16. The summed E-state index contributed by atoms with van der Waals surface area (Å²) in [6.45, 7) is 3.74. The fraction of sp³-hybridized carbons (Fsp3) is 0.524. The van der Waals surface area contributed by atoms with Crippen molar-refractivity contribution in [1.82, 2.24) is 15.5 Å². The van der Waals surface area contributed by atoms with E-state index in [1.165, 1.54) is 16.7 Å². The van der Waals surface area contributed by atoms with Crippen LogP contribution in [0.15, 0.2) is 24.3 Å². The lowest BCUT2D eigenvalue weighted by atomic mass is 10.0. The highest BCUT2D eigenvalue weighted by molar-refractivity contribution is 7.99. The van der Waals surface area contributed by atoms with Crippen molar-refractivity contribution in [2.45, 2.75) is 38.4 Å². The summed E-state index contributed by atoms with van der Waals surface area (Å²) in [5, 5.41) is 8.19. The molecular formula is C21H31N5O5S. The molecule has 0 spiro atoms. The van der Waals surface area contributed by atoms with Gasteiger partial charge in [-0.25, -0.2) is 4.79 Å². The summed E-state index contributed by atoms with van der Waals surface area (Å²) in [6, 6.07) is 4.32. The molecule has 11 heteroatoms. The Bertz CT molecular complexity index is 832. The molecular weight excluding hydrogens is 434 g/mol. The molecule has 2 rings (SSSR count). The standard InChI is InChI=1S/C21H31N5O5S/c1-12(2)18(19(22)28)25-20(29)16-9-14(10-26(16)17(27)11-32-4)24-21(30)23-13-5-7-15(31-3)8-6-13/h5-8,12,14,16,18H,9-11H2,1-4H3,(H2,22,28)(H,25,29)(H2,23,24,30). The van der Waals surface area contributed by atoms with Gasteiger partial charge in [-0.2, -0.15) is 11.8 Å². The van der Waals surface area contributed by atoms with E-state index in [4.69, 9.17) is 10.5 Å². The Morgan fingerprint density at radius 1 is 1.22 bits per heavy atom. The summed E-state index contributed by atoms with van der Waals surface area (Å²) in [5.74, 6) is -0.633. The van der Waals surface area contributed by atoms with Crippen molar-refractivity contribution in [1.29, 1.82) is 0 Å². The maximum Gasteiger partial charge on any atom is 0.319 e. The molecule has 1 aliphatic rings. The minimum Gasteiger partial charge on any atom is -0.497 e. The third-order valence-corrected chi connectivity index (χ3v) is 5.68. The molecule has 1 saturated heterocycles. The van der Waals surface area contributed by atoms with E-state index >= 15 is 0 Å². The van der Waals surface area contributed by atoms with E-state index in [1.807, 2.05) is 0 Å². The minimum atomic E-state index is -0.842. The van der Waals surface area contributed by atoms with Gasteiger partial charge in [-0.1, -0.05) is 13.8 Å². The van der Waals surface area contributed by atoms with Crippen LogP contribution in [0.3, 0.4) is 0 Å². The average molecular weight is 466 g/mol. The van der Waals surface area contributed by atoms with Crippen LogP contribution in [0.2, 0.25) is 0 Å². The Morgan fingerprint density at radius 2 is 1.88 bits per heavy atom. The SMILES string of the molecule is COc1ccc(NC(=O)NC2CC(C(=O)NC(C(N)=O)C(C)C)N(C(=O)CSC)C2)cc1. The van der Waals surface area contributed by atoms with Gasteiger partial charge in [-0.3, -0.25) is 14.4 Å². The van der Waals surface area contributed by atoms with Gasteiger partial charge in [0, 0.05) is 12.2 Å². The Labute approximate surface area is 192 Å². The highest BCUT2D eigenvalue weighted by Gasteiger charge is 2.41. The second kappa shape index (κ2) is 11.6. The van der Waals surface area contributed by atoms with Gasteiger partial charge in [0.2, 0.25) is 17.7 Å². The summed E-state index contributed by atoms with van der Waals surface area (Å²) >= 11 is 1.35. The van der Waals surface area contributed by atoms with E-state index < -0.39 is 36.0 Å². The zero-order chi connectivity index (χ0) is 23.8. The van der Waals surface area contributed by atoms with E-state index in [-0.39, 0.29) is 30.5 Å². The number of hydrogen-bond acceptors (Lipinski definition) is 6. The van der Waals surface area contributed by atoms with Gasteiger partial charge in [0.25, 0.3) is 0 Å². The number of nitrogens with zero attached hydrogens (tertiary/aromatic N) is 1. The number of primary amides is 1. The van der Waals surface area contributed by atoms with Crippen LogP contribution < -0.4 is 26.4 Å². The van der Waals surface area contributed by atoms with Crippen LogP contribution in [0.4, 0.5) is 10.5 Å². The van der Waals surface area contributed by atoms with Crippen LogP contribution in [-0.4, -0.2) is 72.4 Å². The van der Waals surface area contributed by atoms with Crippen LogP contribution in [0.5, 0.6) is 5.75 Å². The van der Waals surface area contributed by atoms with Gasteiger partial charge < -0.3 is 31.3 Å². The molecule has 10 nitrogen and oxygen atoms in total. The zero-order valence-electron chi connectivity index (χ0n) is 18.7. The molecule has 1 aromatic carbocycles. The number of carbonyl (C=O) groups is 4. The Hall–Kier alpha value is -2.95. The number of likely N-dealkylation sites (tertiary alicyclic amines) is 1. The van der Waals surface area contributed by atoms with E-state index in [9.17, 15) is 19.2 Å². The van der Waals surface area contributed by atoms with E-state index in [1.54, 1.807) is 51.5 Å². The first kappa shape index (κ1) is 25.3. The van der Waals surface area contributed by atoms with Crippen LogP contribution in [-0.2, 0) is 14.4 Å². The maximum absolute atomic E-state index is 12.9. The van der Waals surface area contributed by atoms with E-state index in [2.05, 4.69) is 16.0 Å². The Balaban J connectivity index is 2.06. The molecule has 1 aromatic rings. The first-order valence-electron chi connectivity index (χ1n) is 10.3. The van der Waals surface area contributed by atoms with Crippen molar-refractivity contribution >= 4 is 41.2 Å². The monoisotopic (exact) mass is 465 g/mol. The predicted octanol–water partition coefficient (Wildman–Crippen LogP) is 0.775. The van der Waals surface area contributed by atoms with Gasteiger partial charge in [0.05, 0.1) is 18.9 Å². The highest BCUT2D eigenvalue weighted by Crippen LogP contribution is 2.21. The Kier molecular flexibility index (Phi) is 9.18. The van der Waals surface area contributed by atoms with Gasteiger partial charge >= 0.3 is 6.03 Å². The van der Waals surface area contributed by atoms with E-state index in [0.29, 0.717) is 11.4 Å². The van der Waals surface area contributed by atoms with Gasteiger partial charge in [-0.15, -0.1) is 0 Å². The second-order valence-electron chi connectivity index (χ2n) is 7.89. The van der Waals surface area contributed by atoms with Crippen molar-refractivity contribution < 1.29 is 23.9 Å². The lowest BCUT2D eigenvalue weighted by Gasteiger charge is -2.26. The smallest absolute Gasteiger partial charge is 0.319 e. The van der Waals surface area contributed by atoms with Crippen molar-refractivity contribution in [3.63, 3.8) is 0 Å². The number of anilines is 1. The summed E-state index contributed by atoms with van der Waals surface area (Å²) < 4.78 is 5.09. The quantitative estimate of drug-likeness (QED) is 0.424. The minimum absolute atomic E-state index is 0.191. The number of ether oxygens (including phenoxy) is 1. The first-order chi connectivity index (χ1) is 15.2. The van der Waals surface area contributed by atoms with Crippen molar-refractivity contribution in [2.24, 2.45) is 11.7 Å². The predicted molar refractivity (Wildman–Crippen MR) is 123 cm³/mol. The van der Waals surface area contributed by atoms with Crippen molar-refractivity contribution in [3.8, 4) is 5.75 Å². The van der Waals surface area contributed by atoms with Crippen LogP contribution in [0.25, 0.3) is 0 Å². The number of methoxy groups -OCH3 is 1. The second-order valence-corrected chi connectivity index (χ2v) is 8.75. The topological polar surface area (TPSA) is 143 Å². The number of benzene rings is 1. The molecule has 0 aliphatic carbocycles. The molecule has 0 bridgehead atoms. The highest BCUT2D eigenvalue weighted by atomic mass is 32.2. The molecule has 1 heterocycles. The lowest BCUT2D eigenvalue weighted by molar-refractivity contribution is -0.138.